The molecule has 3 N–H and O–H groups in total. The highest BCUT2D eigenvalue weighted by Gasteiger charge is 2.12. The summed E-state index contributed by atoms with van der Waals surface area (Å²) in [5.41, 5.74) is 0.519. The fourth-order valence-electron chi connectivity index (χ4n) is 1.35. The smallest absolute Gasteiger partial charge is 0.313 e. The number of aliphatic hydroxyl groups excluding tert-OH is 1. The molecule has 0 aromatic heterocycles. The van der Waals surface area contributed by atoms with E-state index in [1.165, 1.54) is 0 Å². The maximum Gasteiger partial charge on any atom is 0.313 e. The first-order valence-electron chi connectivity index (χ1n) is 6.10. The molecule has 0 aliphatic rings. The SMILES string of the molecule is CCOc1ccc(NC(=O)C(=O)NCCCO)cc1. The highest BCUT2D eigenvalue weighted by molar-refractivity contribution is 6.39. The first kappa shape index (κ1) is 15.0. The Morgan fingerprint density at radius 3 is 2.47 bits per heavy atom. The lowest BCUT2D eigenvalue weighted by Crippen LogP contribution is -2.36. The van der Waals surface area contributed by atoms with Crippen molar-refractivity contribution >= 4 is 17.5 Å². The van der Waals surface area contributed by atoms with Crippen molar-refractivity contribution in [1.29, 1.82) is 0 Å². The van der Waals surface area contributed by atoms with Crippen molar-refractivity contribution in [3.8, 4) is 5.75 Å². The third kappa shape index (κ3) is 5.39. The number of ether oxygens (including phenoxy) is 1. The molecule has 0 heterocycles. The van der Waals surface area contributed by atoms with Gasteiger partial charge in [0.1, 0.15) is 5.75 Å². The molecule has 0 aliphatic heterocycles. The van der Waals surface area contributed by atoms with Gasteiger partial charge < -0.3 is 20.5 Å². The van der Waals surface area contributed by atoms with Crippen LogP contribution < -0.4 is 15.4 Å². The lowest BCUT2D eigenvalue weighted by molar-refractivity contribution is -0.136. The zero-order valence-electron chi connectivity index (χ0n) is 10.8. The van der Waals surface area contributed by atoms with Gasteiger partial charge in [-0.3, -0.25) is 9.59 Å². The van der Waals surface area contributed by atoms with Crippen molar-refractivity contribution in [3.05, 3.63) is 24.3 Å². The molecule has 104 valence electrons. The summed E-state index contributed by atoms with van der Waals surface area (Å²) in [6, 6.07) is 6.74. The first-order chi connectivity index (χ1) is 9.17. The molecule has 0 saturated carbocycles. The van der Waals surface area contributed by atoms with Gasteiger partial charge in [-0.25, -0.2) is 0 Å². The summed E-state index contributed by atoms with van der Waals surface area (Å²) >= 11 is 0. The van der Waals surface area contributed by atoms with Gasteiger partial charge in [-0.2, -0.15) is 0 Å². The summed E-state index contributed by atoms with van der Waals surface area (Å²) in [5.74, 6) is -0.752. The van der Waals surface area contributed by atoms with E-state index in [4.69, 9.17) is 9.84 Å². The van der Waals surface area contributed by atoms with Crippen LogP contribution in [0.15, 0.2) is 24.3 Å². The lowest BCUT2D eigenvalue weighted by Gasteiger charge is -2.07. The van der Waals surface area contributed by atoms with Crippen LogP contribution in [0.5, 0.6) is 5.75 Å². The molecular formula is C13H18N2O4. The largest absolute Gasteiger partial charge is 0.494 e. The van der Waals surface area contributed by atoms with Crippen LogP contribution in [-0.2, 0) is 9.59 Å². The van der Waals surface area contributed by atoms with Crippen LogP contribution in [0, 0.1) is 0 Å². The van der Waals surface area contributed by atoms with Crippen LogP contribution in [0.4, 0.5) is 5.69 Å². The first-order valence-corrected chi connectivity index (χ1v) is 6.10. The minimum Gasteiger partial charge on any atom is -0.494 e. The van der Waals surface area contributed by atoms with Crippen molar-refractivity contribution in [1.82, 2.24) is 5.32 Å². The maximum absolute atomic E-state index is 11.5. The highest BCUT2D eigenvalue weighted by atomic mass is 16.5. The van der Waals surface area contributed by atoms with Gasteiger partial charge in [-0.05, 0) is 37.6 Å². The molecule has 6 nitrogen and oxygen atoms in total. The Balaban J connectivity index is 2.45. The quantitative estimate of drug-likeness (QED) is 0.517. The van der Waals surface area contributed by atoms with Crippen molar-refractivity contribution in [2.75, 3.05) is 25.1 Å². The predicted molar refractivity (Wildman–Crippen MR) is 71.0 cm³/mol. The van der Waals surface area contributed by atoms with E-state index in [0.29, 0.717) is 24.5 Å². The molecule has 0 saturated heterocycles. The summed E-state index contributed by atoms with van der Waals surface area (Å²) in [6.45, 7) is 2.69. The number of amides is 2. The molecule has 1 aromatic carbocycles. The fourth-order valence-corrected chi connectivity index (χ4v) is 1.35. The Labute approximate surface area is 111 Å². The lowest BCUT2D eigenvalue weighted by atomic mass is 10.3. The second-order valence-corrected chi connectivity index (χ2v) is 3.74. The van der Waals surface area contributed by atoms with Gasteiger partial charge >= 0.3 is 11.8 Å². The molecular weight excluding hydrogens is 248 g/mol. The zero-order valence-corrected chi connectivity index (χ0v) is 10.8. The topological polar surface area (TPSA) is 87.7 Å². The van der Waals surface area contributed by atoms with E-state index in [9.17, 15) is 9.59 Å². The Morgan fingerprint density at radius 1 is 1.21 bits per heavy atom. The minimum absolute atomic E-state index is 0.0270. The van der Waals surface area contributed by atoms with Crippen molar-refractivity contribution < 1.29 is 19.4 Å². The molecule has 2 amide bonds. The number of benzene rings is 1. The van der Waals surface area contributed by atoms with Crippen LogP contribution in [0.1, 0.15) is 13.3 Å². The molecule has 0 atom stereocenters. The summed E-state index contributed by atoms with van der Waals surface area (Å²) in [5, 5.41) is 13.4. The molecule has 6 heteroatoms. The normalized spacial score (nSPS) is 9.79. The van der Waals surface area contributed by atoms with Gasteiger partial charge in [0.2, 0.25) is 0 Å². The number of hydrogen-bond acceptors (Lipinski definition) is 4. The summed E-state index contributed by atoms with van der Waals surface area (Å²) in [7, 11) is 0. The number of nitrogens with one attached hydrogen (secondary N) is 2. The van der Waals surface area contributed by atoms with Crippen LogP contribution >= 0.6 is 0 Å². The van der Waals surface area contributed by atoms with Gasteiger partial charge in [0.15, 0.2) is 0 Å². The Morgan fingerprint density at radius 2 is 1.89 bits per heavy atom. The van der Waals surface area contributed by atoms with E-state index >= 15 is 0 Å². The third-order valence-electron chi connectivity index (χ3n) is 2.25. The van der Waals surface area contributed by atoms with E-state index in [1.807, 2.05) is 6.92 Å². The number of rotatable bonds is 6. The number of carbonyl (C=O) groups excluding carboxylic acids is 2. The van der Waals surface area contributed by atoms with Gasteiger partial charge in [-0.1, -0.05) is 0 Å². The number of aliphatic hydroxyl groups is 1. The molecule has 0 bridgehead atoms. The van der Waals surface area contributed by atoms with Gasteiger partial charge in [0.05, 0.1) is 6.61 Å². The third-order valence-corrected chi connectivity index (χ3v) is 2.25. The van der Waals surface area contributed by atoms with Crippen LogP contribution in [0.3, 0.4) is 0 Å². The molecule has 0 unspecified atom stereocenters. The predicted octanol–water partition coefficient (Wildman–Crippen LogP) is 0.522. The number of carbonyl (C=O) groups is 2. The number of hydrogen-bond donors (Lipinski definition) is 3. The molecule has 0 fully saturated rings. The van der Waals surface area contributed by atoms with E-state index in [1.54, 1.807) is 24.3 Å². The fraction of sp³-hybridized carbons (Fsp3) is 0.385. The molecule has 19 heavy (non-hydrogen) atoms. The van der Waals surface area contributed by atoms with Crippen molar-refractivity contribution in [3.63, 3.8) is 0 Å². The Bertz CT molecular complexity index is 417. The van der Waals surface area contributed by atoms with E-state index in [2.05, 4.69) is 10.6 Å². The van der Waals surface area contributed by atoms with E-state index in [0.717, 1.165) is 0 Å². The molecule has 0 spiro atoms. The van der Waals surface area contributed by atoms with Gasteiger partial charge in [0, 0.05) is 18.8 Å². The average Bonchev–Trinajstić information content (AvgIpc) is 2.41. The summed E-state index contributed by atoms with van der Waals surface area (Å²) in [6.07, 6.45) is 0.419. The summed E-state index contributed by atoms with van der Waals surface area (Å²) < 4.78 is 5.26. The van der Waals surface area contributed by atoms with Crippen LogP contribution in [0.25, 0.3) is 0 Å². The monoisotopic (exact) mass is 266 g/mol. The van der Waals surface area contributed by atoms with E-state index in [-0.39, 0.29) is 13.2 Å². The maximum atomic E-state index is 11.5. The van der Waals surface area contributed by atoms with Gasteiger partial charge in [-0.15, -0.1) is 0 Å². The zero-order chi connectivity index (χ0) is 14.1. The standard InChI is InChI=1S/C13H18N2O4/c1-2-19-11-6-4-10(5-7-11)15-13(18)12(17)14-8-3-9-16/h4-7,16H,2-3,8-9H2,1H3,(H,14,17)(H,15,18). The van der Waals surface area contributed by atoms with Crippen LogP contribution in [0.2, 0.25) is 0 Å². The molecule has 1 aromatic rings. The highest BCUT2D eigenvalue weighted by Crippen LogP contribution is 2.15. The minimum atomic E-state index is -0.734. The summed E-state index contributed by atoms with van der Waals surface area (Å²) in [4.78, 5) is 22.9. The van der Waals surface area contributed by atoms with Crippen molar-refractivity contribution in [2.24, 2.45) is 0 Å². The van der Waals surface area contributed by atoms with Gasteiger partial charge in [0.25, 0.3) is 0 Å². The Hall–Kier alpha value is -2.08. The van der Waals surface area contributed by atoms with Crippen molar-refractivity contribution in [2.45, 2.75) is 13.3 Å². The van der Waals surface area contributed by atoms with Crippen LogP contribution in [-0.4, -0.2) is 36.7 Å². The molecule has 0 aliphatic carbocycles. The second kappa shape index (κ2) is 8.10. The Kier molecular flexibility index (Phi) is 6.38. The molecule has 0 radical (unpaired) electrons. The number of anilines is 1. The average molecular weight is 266 g/mol. The van der Waals surface area contributed by atoms with E-state index < -0.39 is 11.8 Å². The second-order valence-electron chi connectivity index (χ2n) is 3.74. The molecule has 1 rings (SSSR count).